The second-order valence-corrected chi connectivity index (χ2v) is 5.98. The topological polar surface area (TPSA) is 35.8 Å². The first-order valence-electron chi connectivity index (χ1n) is 5.59. The number of aryl methyl sites for hydroxylation is 2. The summed E-state index contributed by atoms with van der Waals surface area (Å²) in [5.74, 6) is 0. The normalized spacial score (nSPS) is 11.9. The van der Waals surface area contributed by atoms with Crippen LogP contribution in [-0.2, 0) is 0 Å². The number of nitrogens with zero attached hydrogens (tertiary/aromatic N) is 1. The van der Waals surface area contributed by atoms with Gasteiger partial charge in [-0.15, -0.1) is 11.3 Å². The van der Waals surface area contributed by atoms with E-state index in [0.717, 1.165) is 11.3 Å². The van der Waals surface area contributed by atoms with Gasteiger partial charge in [0.1, 0.15) is 6.04 Å². The van der Waals surface area contributed by atoms with Crippen molar-refractivity contribution in [2.75, 3.05) is 5.32 Å². The average molecular weight is 277 g/mol. The van der Waals surface area contributed by atoms with Gasteiger partial charge in [-0.2, -0.15) is 5.26 Å². The predicted octanol–water partition coefficient (Wildman–Crippen LogP) is 4.70. The molecule has 0 fully saturated rings. The molecule has 0 saturated carbocycles. The zero-order valence-corrected chi connectivity index (χ0v) is 11.8. The highest BCUT2D eigenvalue weighted by Gasteiger charge is 2.15. The van der Waals surface area contributed by atoms with Crippen LogP contribution in [0.5, 0.6) is 0 Å². The van der Waals surface area contributed by atoms with E-state index < -0.39 is 0 Å². The standard InChI is InChI=1S/C14H13ClN2S/c1-9-7-13(10(2)18-9)14(8-16)17-12-5-3-11(15)4-6-12/h3-7,14,17H,1-2H3. The van der Waals surface area contributed by atoms with E-state index in [1.807, 2.05) is 31.2 Å². The molecule has 1 heterocycles. The summed E-state index contributed by atoms with van der Waals surface area (Å²) in [4.78, 5) is 2.40. The van der Waals surface area contributed by atoms with Crippen molar-refractivity contribution in [1.29, 1.82) is 5.26 Å². The molecule has 18 heavy (non-hydrogen) atoms. The van der Waals surface area contributed by atoms with E-state index in [1.54, 1.807) is 11.3 Å². The van der Waals surface area contributed by atoms with Crippen LogP contribution in [0, 0.1) is 25.2 Å². The molecule has 0 saturated heterocycles. The van der Waals surface area contributed by atoms with E-state index in [0.29, 0.717) is 5.02 Å². The quantitative estimate of drug-likeness (QED) is 0.882. The molecule has 1 N–H and O–H groups in total. The lowest BCUT2D eigenvalue weighted by Crippen LogP contribution is -2.08. The molecule has 2 rings (SSSR count). The highest BCUT2D eigenvalue weighted by Crippen LogP contribution is 2.28. The Labute approximate surface area is 116 Å². The van der Waals surface area contributed by atoms with E-state index in [2.05, 4.69) is 24.4 Å². The summed E-state index contributed by atoms with van der Waals surface area (Å²) in [6.45, 7) is 4.10. The maximum absolute atomic E-state index is 9.30. The third-order valence-corrected chi connectivity index (χ3v) is 3.91. The van der Waals surface area contributed by atoms with E-state index in [9.17, 15) is 5.26 Å². The summed E-state index contributed by atoms with van der Waals surface area (Å²) in [5.41, 5.74) is 1.95. The second kappa shape index (κ2) is 5.43. The fraction of sp³-hybridized carbons (Fsp3) is 0.214. The lowest BCUT2D eigenvalue weighted by atomic mass is 10.1. The van der Waals surface area contributed by atoms with Crippen LogP contribution >= 0.6 is 22.9 Å². The minimum Gasteiger partial charge on any atom is -0.366 e. The molecule has 0 radical (unpaired) electrons. The van der Waals surface area contributed by atoms with Crippen molar-refractivity contribution in [3.8, 4) is 6.07 Å². The summed E-state index contributed by atoms with van der Waals surface area (Å²) in [7, 11) is 0. The molecule has 1 aromatic carbocycles. The number of benzene rings is 1. The van der Waals surface area contributed by atoms with Gasteiger partial charge in [-0.05, 0) is 44.2 Å². The minimum atomic E-state index is -0.323. The maximum atomic E-state index is 9.30. The first kappa shape index (κ1) is 12.9. The second-order valence-electron chi connectivity index (χ2n) is 4.08. The molecule has 0 aliphatic carbocycles. The number of halogens is 1. The number of nitrogens with one attached hydrogen (secondary N) is 1. The molecule has 2 aromatic rings. The van der Waals surface area contributed by atoms with Gasteiger partial charge < -0.3 is 5.32 Å². The van der Waals surface area contributed by atoms with Crippen molar-refractivity contribution in [2.45, 2.75) is 19.9 Å². The summed E-state index contributed by atoms with van der Waals surface area (Å²) in [6.07, 6.45) is 0. The molecule has 1 unspecified atom stereocenters. The van der Waals surface area contributed by atoms with Crippen LogP contribution in [-0.4, -0.2) is 0 Å². The molecular weight excluding hydrogens is 264 g/mol. The number of thiophene rings is 1. The Morgan fingerprint density at radius 1 is 1.28 bits per heavy atom. The molecule has 0 amide bonds. The van der Waals surface area contributed by atoms with Crippen molar-refractivity contribution in [3.63, 3.8) is 0 Å². The molecule has 1 aromatic heterocycles. The first-order valence-corrected chi connectivity index (χ1v) is 6.78. The van der Waals surface area contributed by atoms with Crippen molar-refractivity contribution < 1.29 is 0 Å². The SMILES string of the molecule is Cc1cc(C(C#N)Nc2ccc(Cl)cc2)c(C)s1. The van der Waals surface area contributed by atoms with Gasteiger partial charge >= 0.3 is 0 Å². The van der Waals surface area contributed by atoms with Crippen molar-refractivity contribution >= 4 is 28.6 Å². The molecule has 0 aliphatic rings. The van der Waals surface area contributed by atoms with Crippen molar-refractivity contribution in [2.24, 2.45) is 0 Å². The Morgan fingerprint density at radius 2 is 1.94 bits per heavy atom. The van der Waals surface area contributed by atoms with Gasteiger partial charge in [0, 0.05) is 26.0 Å². The Kier molecular flexibility index (Phi) is 3.90. The van der Waals surface area contributed by atoms with Gasteiger partial charge in [0.05, 0.1) is 6.07 Å². The number of nitriles is 1. The van der Waals surface area contributed by atoms with Crippen molar-refractivity contribution in [3.05, 3.63) is 50.7 Å². The monoisotopic (exact) mass is 276 g/mol. The zero-order valence-electron chi connectivity index (χ0n) is 10.2. The fourth-order valence-corrected chi connectivity index (χ4v) is 2.92. The molecule has 0 aliphatic heterocycles. The smallest absolute Gasteiger partial charge is 0.141 e. The number of hydrogen-bond donors (Lipinski definition) is 1. The van der Waals surface area contributed by atoms with Gasteiger partial charge in [-0.25, -0.2) is 0 Å². The van der Waals surface area contributed by atoms with Crippen LogP contribution in [0.15, 0.2) is 30.3 Å². The van der Waals surface area contributed by atoms with Crippen molar-refractivity contribution in [1.82, 2.24) is 0 Å². The lowest BCUT2D eigenvalue weighted by molar-refractivity contribution is 0.993. The molecule has 1 atom stereocenters. The van der Waals surface area contributed by atoms with Crippen LogP contribution in [0.3, 0.4) is 0 Å². The molecule has 2 nitrogen and oxygen atoms in total. The van der Waals surface area contributed by atoms with Crippen LogP contribution in [0.1, 0.15) is 21.4 Å². The van der Waals surface area contributed by atoms with Gasteiger partial charge in [0.25, 0.3) is 0 Å². The minimum absolute atomic E-state index is 0.323. The van der Waals surface area contributed by atoms with E-state index in [4.69, 9.17) is 11.6 Å². The Morgan fingerprint density at radius 3 is 2.44 bits per heavy atom. The Hall–Kier alpha value is -1.50. The first-order chi connectivity index (χ1) is 8.60. The summed E-state index contributed by atoms with van der Waals surface area (Å²) in [6, 6.07) is 11.4. The fourth-order valence-electron chi connectivity index (χ4n) is 1.83. The number of hydrogen-bond acceptors (Lipinski definition) is 3. The van der Waals surface area contributed by atoms with Crippen LogP contribution < -0.4 is 5.32 Å². The highest BCUT2D eigenvalue weighted by molar-refractivity contribution is 7.12. The van der Waals surface area contributed by atoms with E-state index >= 15 is 0 Å². The largest absolute Gasteiger partial charge is 0.366 e. The summed E-state index contributed by atoms with van der Waals surface area (Å²) < 4.78 is 0. The van der Waals surface area contributed by atoms with Gasteiger partial charge in [0.15, 0.2) is 0 Å². The molecule has 92 valence electrons. The van der Waals surface area contributed by atoms with Gasteiger partial charge in [-0.1, -0.05) is 11.6 Å². The van der Waals surface area contributed by atoms with Crippen LogP contribution in [0.25, 0.3) is 0 Å². The maximum Gasteiger partial charge on any atom is 0.141 e. The summed E-state index contributed by atoms with van der Waals surface area (Å²) in [5, 5.41) is 13.2. The average Bonchev–Trinajstić information content (AvgIpc) is 2.68. The lowest BCUT2D eigenvalue weighted by Gasteiger charge is -2.12. The molecular formula is C14H13ClN2S. The number of anilines is 1. The van der Waals surface area contributed by atoms with Crippen LogP contribution in [0.4, 0.5) is 5.69 Å². The van der Waals surface area contributed by atoms with Gasteiger partial charge in [-0.3, -0.25) is 0 Å². The number of rotatable bonds is 3. The van der Waals surface area contributed by atoms with Gasteiger partial charge in [0.2, 0.25) is 0 Å². The summed E-state index contributed by atoms with van der Waals surface area (Å²) >= 11 is 7.55. The Balaban J connectivity index is 2.23. The van der Waals surface area contributed by atoms with E-state index in [1.165, 1.54) is 9.75 Å². The molecule has 0 spiro atoms. The highest BCUT2D eigenvalue weighted by atomic mass is 35.5. The molecule has 0 bridgehead atoms. The third kappa shape index (κ3) is 2.84. The third-order valence-electron chi connectivity index (χ3n) is 2.67. The Bertz CT molecular complexity index is 581. The van der Waals surface area contributed by atoms with Crippen LogP contribution in [0.2, 0.25) is 5.02 Å². The zero-order chi connectivity index (χ0) is 13.1. The predicted molar refractivity (Wildman–Crippen MR) is 77.2 cm³/mol. The molecule has 4 heteroatoms. The van der Waals surface area contributed by atoms with E-state index in [-0.39, 0.29) is 6.04 Å².